The zero-order chi connectivity index (χ0) is 18.8. The summed E-state index contributed by atoms with van der Waals surface area (Å²) in [5.41, 5.74) is -1.02. The zero-order valence-electron chi connectivity index (χ0n) is 12.6. The maximum Gasteiger partial charge on any atom is 0.432 e. The Labute approximate surface area is 148 Å². The number of hydrogen-bond donors (Lipinski definition) is 1. The molecular weight excluding hydrogens is 382 g/mol. The maximum atomic E-state index is 13.1. The minimum Gasteiger partial charge on any atom is -0.298 e. The molecule has 10 heteroatoms. The smallest absolute Gasteiger partial charge is 0.298 e. The first kappa shape index (κ1) is 19.1. The van der Waals surface area contributed by atoms with Gasteiger partial charge in [0, 0.05) is 12.6 Å². The molecule has 0 aliphatic rings. The molecule has 1 heterocycles. The summed E-state index contributed by atoms with van der Waals surface area (Å²) in [7, 11) is 1.02. The Morgan fingerprint density at radius 2 is 2.12 bits per heavy atom. The van der Waals surface area contributed by atoms with Gasteiger partial charge in [-0.1, -0.05) is 29.5 Å². The number of nitrogens with one attached hydrogen (secondary N) is 1. The van der Waals surface area contributed by atoms with Crippen molar-refractivity contribution in [2.75, 3.05) is 12.4 Å². The molecule has 0 spiro atoms. The van der Waals surface area contributed by atoms with Crippen LogP contribution in [0.5, 0.6) is 0 Å². The average molecular weight is 392 g/mol. The first-order chi connectivity index (χ1) is 11.6. The number of amides is 1. The molecule has 0 radical (unpaired) electrons. The number of carbonyl (C=O) groups is 1. The van der Waals surface area contributed by atoms with E-state index >= 15 is 0 Å². The number of hydrogen-bond acceptors (Lipinski definition) is 4. The van der Waals surface area contributed by atoms with Gasteiger partial charge in [0.15, 0.2) is 5.13 Å². The lowest BCUT2D eigenvalue weighted by Gasteiger charge is -2.03. The fourth-order valence-electron chi connectivity index (χ4n) is 1.73. The summed E-state index contributed by atoms with van der Waals surface area (Å²) >= 11 is 6.40. The molecule has 0 saturated carbocycles. The van der Waals surface area contributed by atoms with Gasteiger partial charge < -0.3 is 0 Å². The van der Waals surface area contributed by atoms with E-state index in [-0.39, 0.29) is 25.6 Å². The third kappa shape index (κ3) is 4.64. The van der Waals surface area contributed by atoms with Gasteiger partial charge in [0.2, 0.25) is 0 Å². The lowest BCUT2D eigenvalue weighted by atomic mass is 10.2. The van der Waals surface area contributed by atoms with Crippen molar-refractivity contribution in [2.24, 2.45) is 4.99 Å². The summed E-state index contributed by atoms with van der Waals surface area (Å²) in [5.74, 6) is -1.31. The molecule has 1 aromatic carbocycles. The van der Waals surface area contributed by atoms with E-state index in [1.807, 2.05) is 0 Å². The van der Waals surface area contributed by atoms with Crippen molar-refractivity contribution in [3.8, 4) is 0 Å². The largest absolute Gasteiger partial charge is 0.432 e. The molecule has 25 heavy (non-hydrogen) atoms. The van der Waals surface area contributed by atoms with Crippen LogP contribution in [-0.4, -0.2) is 29.8 Å². The Bertz CT molecular complexity index is 953. The highest BCUT2D eigenvalue weighted by atomic mass is 35.5. The van der Waals surface area contributed by atoms with E-state index in [0.717, 1.165) is 36.6 Å². The Morgan fingerprint density at radius 3 is 2.68 bits per heavy atom. The number of carbonyl (C=O) groups excluding carboxylic acids is 1. The molecule has 1 N–H and O–H groups in total. The number of thiazole rings is 1. The van der Waals surface area contributed by atoms with Gasteiger partial charge in [-0.25, -0.2) is 9.37 Å². The standard InChI is InChI=1S/C15H10ClF4N3OS/c1-7-11(6-12(21-2)15(18,19)20)25-14(22-7)23-13(24)8-3-4-10(17)9(16)5-8/h3-6H,1H2,2H3,(H,22,23,24)/b11-6+,21-12?. The number of alkyl halides is 3. The van der Waals surface area contributed by atoms with Crippen LogP contribution in [0.1, 0.15) is 10.4 Å². The van der Waals surface area contributed by atoms with Crippen LogP contribution in [0.2, 0.25) is 5.02 Å². The molecule has 0 bridgehead atoms. The van der Waals surface area contributed by atoms with Crippen LogP contribution in [0, 0.1) is 5.82 Å². The van der Waals surface area contributed by atoms with E-state index in [2.05, 4.69) is 21.9 Å². The molecule has 2 rings (SSSR count). The summed E-state index contributed by atoms with van der Waals surface area (Å²) in [5, 5.41) is 2.27. The molecule has 0 saturated heterocycles. The Kier molecular flexibility index (Phi) is 5.58. The van der Waals surface area contributed by atoms with Crippen molar-refractivity contribution in [1.82, 2.24) is 4.98 Å². The highest BCUT2D eigenvalue weighted by molar-refractivity contribution is 7.13. The lowest BCUT2D eigenvalue weighted by molar-refractivity contribution is -0.0569. The van der Waals surface area contributed by atoms with E-state index in [4.69, 9.17) is 11.6 Å². The van der Waals surface area contributed by atoms with Gasteiger partial charge in [-0.3, -0.25) is 15.1 Å². The molecule has 1 amide bonds. The minimum atomic E-state index is -4.61. The van der Waals surface area contributed by atoms with Crippen LogP contribution in [0.3, 0.4) is 0 Å². The molecule has 2 aromatic rings. The highest BCUT2D eigenvalue weighted by Gasteiger charge is 2.33. The maximum absolute atomic E-state index is 13.1. The average Bonchev–Trinajstić information content (AvgIpc) is 2.85. The number of rotatable bonds is 3. The molecule has 132 valence electrons. The van der Waals surface area contributed by atoms with Gasteiger partial charge in [0.1, 0.15) is 11.5 Å². The Hall–Kier alpha value is -2.26. The van der Waals surface area contributed by atoms with Crippen LogP contribution >= 0.6 is 22.9 Å². The van der Waals surface area contributed by atoms with Gasteiger partial charge in [0.05, 0.1) is 14.9 Å². The monoisotopic (exact) mass is 391 g/mol. The summed E-state index contributed by atoms with van der Waals surface area (Å²) in [4.78, 5) is 19.2. The second-order valence-corrected chi connectivity index (χ2v) is 6.10. The number of halogens is 5. The van der Waals surface area contributed by atoms with E-state index in [9.17, 15) is 22.4 Å². The van der Waals surface area contributed by atoms with E-state index in [1.54, 1.807) is 0 Å². The predicted molar refractivity (Wildman–Crippen MR) is 90.1 cm³/mol. The van der Waals surface area contributed by atoms with Crippen molar-refractivity contribution in [3.63, 3.8) is 0 Å². The number of nitrogens with zero attached hydrogens (tertiary/aromatic N) is 2. The van der Waals surface area contributed by atoms with Gasteiger partial charge in [-0.2, -0.15) is 13.2 Å². The van der Waals surface area contributed by atoms with Gasteiger partial charge in [0.25, 0.3) is 5.91 Å². The first-order valence-electron chi connectivity index (χ1n) is 6.59. The number of benzene rings is 1. The topological polar surface area (TPSA) is 54.4 Å². The van der Waals surface area contributed by atoms with E-state index < -0.39 is 23.6 Å². The summed E-state index contributed by atoms with van der Waals surface area (Å²) in [6.07, 6.45) is -3.82. The predicted octanol–water partition coefficient (Wildman–Crippen LogP) is 3.01. The number of anilines is 1. The highest BCUT2D eigenvalue weighted by Crippen LogP contribution is 2.19. The van der Waals surface area contributed by atoms with Crippen LogP contribution in [0.4, 0.5) is 22.7 Å². The molecule has 0 atom stereocenters. The molecule has 0 unspecified atom stereocenters. The SMILES string of the molecule is C=c1nc(NC(=O)c2ccc(F)c(Cl)c2)s/c1=C/C(=NC)C(F)(F)F. The van der Waals surface area contributed by atoms with Crippen molar-refractivity contribution in [2.45, 2.75) is 6.18 Å². The van der Waals surface area contributed by atoms with Crippen LogP contribution < -0.4 is 15.2 Å². The summed E-state index contributed by atoms with van der Waals surface area (Å²) in [6, 6.07) is 3.37. The summed E-state index contributed by atoms with van der Waals surface area (Å²) in [6.45, 7) is 3.54. The first-order valence-corrected chi connectivity index (χ1v) is 7.79. The van der Waals surface area contributed by atoms with Crippen LogP contribution in [0.25, 0.3) is 12.7 Å². The Morgan fingerprint density at radius 1 is 1.44 bits per heavy atom. The molecule has 0 aliphatic carbocycles. The fourth-order valence-corrected chi connectivity index (χ4v) is 2.76. The molecular formula is C15H10ClF4N3OS. The minimum absolute atomic E-state index is 0.0410. The van der Waals surface area contributed by atoms with Gasteiger partial charge >= 0.3 is 6.18 Å². The second-order valence-electron chi connectivity index (χ2n) is 4.66. The van der Waals surface area contributed by atoms with Crippen molar-refractivity contribution in [1.29, 1.82) is 0 Å². The molecule has 0 fully saturated rings. The quantitative estimate of drug-likeness (QED) is 0.646. The van der Waals surface area contributed by atoms with Crippen molar-refractivity contribution in [3.05, 3.63) is 44.5 Å². The van der Waals surface area contributed by atoms with Crippen molar-refractivity contribution >= 4 is 52.3 Å². The lowest BCUT2D eigenvalue weighted by Crippen LogP contribution is -2.27. The van der Waals surface area contributed by atoms with E-state index in [1.165, 1.54) is 6.07 Å². The Balaban J connectivity index is 2.30. The third-order valence-corrected chi connectivity index (χ3v) is 4.18. The van der Waals surface area contributed by atoms with E-state index in [0.29, 0.717) is 0 Å². The van der Waals surface area contributed by atoms with Crippen molar-refractivity contribution < 1.29 is 22.4 Å². The number of aromatic nitrogens is 1. The van der Waals surface area contributed by atoms with Crippen LogP contribution in [0.15, 0.2) is 23.2 Å². The van der Waals surface area contributed by atoms with Gasteiger partial charge in [-0.15, -0.1) is 0 Å². The fraction of sp³-hybridized carbons (Fsp3) is 0.133. The van der Waals surface area contributed by atoms with Gasteiger partial charge in [-0.05, 0) is 24.3 Å². The third-order valence-electron chi connectivity index (χ3n) is 2.93. The van der Waals surface area contributed by atoms with Crippen LogP contribution in [-0.2, 0) is 0 Å². The second kappa shape index (κ2) is 7.32. The molecule has 4 nitrogen and oxygen atoms in total. The summed E-state index contributed by atoms with van der Waals surface area (Å²) < 4.78 is 51.4. The molecule has 0 aliphatic heterocycles. The number of aliphatic imine (C=N–C) groups is 1. The molecule has 1 aromatic heterocycles. The normalized spacial score (nSPS) is 13.2. The zero-order valence-corrected chi connectivity index (χ0v) is 14.2.